The fourth-order valence-electron chi connectivity index (χ4n) is 1.76. The van der Waals surface area contributed by atoms with E-state index in [-0.39, 0.29) is 22.4 Å². The first-order valence-electron chi connectivity index (χ1n) is 7.50. The predicted molar refractivity (Wildman–Crippen MR) is 62.2 cm³/mol. The molecule has 0 saturated heterocycles. The number of phenols is 1. The number of hydrogen-bond donors (Lipinski definition) is 3. The van der Waals surface area contributed by atoms with Crippen molar-refractivity contribution < 1.29 is 13.4 Å². The van der Waals surface area contributed by atoms with Crippen molar-refractivity contribution in [1.82, 2.24) is 4.98 Å². The molecule has 0 radical (unpaired) electrons. The first-order valence-corrected chi connectivity index (χ1v) is 4.61. The van der Waals surface area contributed by atoms with E-state index >= 15 is 0 Å². The molecular formula is C12H16N2O. The van der Waals surface area contributed by atoms with E-state index < -0.39 is 12.9 Å². The maximum atomic E-state index is 10.0. The quantitative estimate of drug-likeness (QED) is 0.725. The molecule has 2 aromatic rings. The summed E-state index contributed by atoms with van der Waals surface area (Å²) in [6.07, 6.45) is -2.66. The number of aromatic hydroxyl groups is 1. The van der Waals surface area contributed by atoms with Crippen molar-refractivity contribution in [3.63, 3.8) is 0 Å². The minimum Gasteiger partial charge on any atom is -0.507 e. The van der Waals surface area contributed by atoms with Crippen LogP contribution in [-0.2, 0) is 6.37 Å². The van der Waals surface area contributed by atoms with Gasteiger partial charge in [0.05, 0.1) is 5.52 Å². The van der Waals surface area contributed by atoms with Gasteiger partial charge in [0.15, 0.2) is 0 Å². The highest BCUT2D eigenvalue weighted by atomic mass is 16.3. The van der Waals surface area contributed by atoms with Gasteiger partial charge in [-0.2, -0.15) is 0 Å². The van der Waals surface area contributed by atoms with Gasteiger partial charge in [0.25, 0.3) is 0 Å². The first-order chi connectivity index (χ1) is 9.51. The second-order valence-electron chi connectivity index (χ2n) is 3.51. The monoisotopic (exact) mass is 210 g/mol. The Morgan fingerprint density at radius 2 is 2.33 bits per heavy atom. The van der Waals surface area contributed by atoms with Crippen LogP contribution in [-0.4, -0.2) is 16.6 Å². The molecule has 15 heavy (non-hydrogen) atoms. The molecule has 0 aliphatic heterocycles. The molecule has 0 unspecified atom stereocenters. The lowest BCUT2D eigenvalue weighted by Gasteiger charge is -2.02. The Kier molecular flexibility index (Phi) is 1.20. The SMILES string of the molecule is [2H]N([2H])C([2H])([2H])C([2H])([2H])c1c(C)[nH]c2c(C)ccc(O)c12. The number of aromatic amines is 1. The molecule has 4 N–H and O–H groups in total. The van der Waals surface area contributed by atoms with Crippen LogP contribution in [0.15, 0.2) is 12.1 Å². The number of fused-ring (bicyclic) bond motifs is 1. The Labute approximate surface area is 97.5 Å². The summed E-state index contributed by atoms with van der Waals surface area (Å²) in [5.41, 5.74) is 1.28. The summed E-state index contributed by atoms with van der Waals surface area (Å²) in [5, 5.41) is 10.2. The molecule has 0 atom stereocenters. The number of aromatic nitrogens is 1. The third-order valence-electron chi connectivity index (χ3n) is 2.51. The lowest BCUT2D eigenvalue weighted by molar-refractivity contribution is 0.481. The van der Waals surface area contributed by atoms with E-state index in [1.807, 2.05) is 0 Å². The van der Waals surface area contributed by atoms with Crippen LogP contribution in [0.2, 0.25) is 2.82 Å². The average Bonchev–Trinajstić information content (AvgIpc) is 2.72. The number of rotatable bonds is 3. The van der Waals surface area contributed by atoms with Gasteiger partial charge < -0.3 is 15.8 Å². The summed E-state index contributed by atoms with van der Waals surface area (Å²) in [5.74, 6) is -0.170. The molecule has 80 valence electrons. The summed E-state index contributed by atoms with van der Waals surface area (Å²) < 4.78 is 45.8. The first kappa shape index (κ1) is 5.03. The lowest BCUT2D eigenvalue weighted by atomic mass is 10.0. The maximum absolute atomic E-state index is 10.0. The Hall–Kier alpha value is -1.48. The predicted octanol–water partition coefficient (Wildman–Crippen LogP) is 1.99. The van der Waals surface area contributed by atoms with Crippen LogP contribution < -0.4 is 5.72 Å². The second-order valence-corrected chi connectivity index (χ2v) is 3.51. The van der Waals surface area contributed by atoms with Gasteiger partial charge in [-0.05, 0) is 43.9 Å². The van der Waals surface area contributed by atoms with E-state index in [1.165, 1.54) is 6.07 Å². The average molecular weight is 210 g/mol. The van der Waals surface area contributed by atoms with E-state index in [4.69, 9.17) is 8.31 Å². The van der Waals surface area contributed by atoms with E-state index in [0.29, 0.717) is 11.2 Å². The Balaban J connectivity index is 2.84. The van der Waals surface area contributed by atoms with Gasteiger partial charge in [-0.1, -0.05) is 6.07 Å². The zero-order chi connectivity index (χ0) is 16.2. The van der Waals surface area contributed by atoms with Gasteiger partial charge >= 0.3 is 0 Å². The Morgan fingerprint density at radius 1 is 1.53 bits per heavy atom. The third kappa shape index (κ3) is 1.49. The van der Waals surface area contributed by atoms with Crippen LogP contribution in [0.5, 0.6) is 5.75 Å². The summed E-state index contributed by atoms with van der Waals surface area (Å²) in [7, 11) is 0. The number of phenolic OH excluding ortho intramolecular Hbond substituents is 1. The third-order valence-corrected chi connectivity index (χ3v) is 2.51. The highest BCUT2D eigenvalue weighted by Crippen LogP contribution is 2.32. The standard InChI is InChI=1S/C12H16N2O/c1-7-3-4-10(15)11-9(5-6-13)8(2)14-12(7)11/h3-4,14-15H,5-6,13H2,1-2H3/i5D2,6D2/hD2. The normalized spacial score (nSPS) is 19.1. The van der Waals surface area contributed by atoms with Crippen LogP contribution >= 0.6 is 0 Å². The van der Waals surface area contributed by atoms with Gasteiger partial charge in [-0.25, -0.2) is 0 Å². The smallest absolute Gasteiger partial charge is 0.125 e. The van der Waals surface area contributed by atoms with Gasteiger partial charge in [-0.15, -0.1) is 0 Å². The molecule has 3 nitrogen and oxygen atoms in total. The number of nitrogens with one attached hydrogen (secondary N) is 1. The fraction of sp³-hybridized carbons (Fsp3) is 0.333. The highest BCUT2D eigenvalue weighted by Gasteiger charge is 2.12. The van der Waals surface area contributed by atoms with Crippen molar-refractivity contribution in [2.75, 3.05) is 6.50 Å². The van der Waals surface area contributed by atoms with E-state index in [0.717, 1.165) is 5.56 Å². The molecule has 1 heterocycles. The van der Waals surface area contributed by atoms with Gasteiger partial charge in [0.1, 0.15) is 8.57 Å². The molecule has 0 amide bonds. The Bertz CT molecular complexity index is 695. The molecule has 0 fully saturated rings. The van der Waals surface area contributed by atoms with Gasteiger partial charge in [0.2, 0.25) is 0 Å². The summed E-state index contributed by atoms with van der Waals surface area (Å²) in [4.78, 5) is 2.95. The van der Waals surface area contributed by atoms with E-state index in [9.17, 15) is 5.11 Å². The van der Waals surface area contributed by atoms with Crippen LogP contribution in [0.3, 0.4) is 0 Å². The molecule has 0 aliphatic rings. The number of aryl methyl sites for hydroxylation is 3. The molecule has 1 aromatic heterocycles. The maximum Gasteiger partial charge on any atom is 0.125 e. The van der Waals surface area contributed by atoms with Crippen molar-refractivity contribution in [2.24, 2.45) is 5.72 Å². The minimum absolute atomic E-state index is 0.0757. The molecule has 1 aromatic carbocycles. The van der Waals surface area contributed by atoms with Crippen molar-refractivity contribution in [3.05, 3.63) is 29.0 Å². The van der Waals surface area contributed by atoms with E-state index in [1.54, 1.807) is 19.9 Å². The largest absolute Gasteiger partial charge is 0.507 e. The topological polar surface area (TPSA) is 62.0 Å². The van der Waals surface area contributed by atoms with Crippen molar-refractivity contribution in [2.45, 2.75) is 20.2 Å². The lowest BCUT2D eigenvalue weighted by Crippen LogP contribution is -2.03. The second kappa shape index (κ2) is 3.59. The van der Waals surface area contributed by atoms with Crippen molar-refractivity contribution >= 4 is 10.9 Å². The van der Waals surface area contributed by atoms with Crippen LogP contribution in [0, 0.1) is 13.8 Å². The number of H-pyrrole nitrogens is 1. The van der Waals surface area contributed by atoms with E-state index in [2.05, 4.69) is 4.98 Å². The molecule has 0 aliphatic carbocycles. The summed E-state index contributed by atoms with van der Waals surface area (Å²) in [6.45, 7) is 0.469. The van der Waals surface area contributed by atoms with Crippen LogP contribution in [0.4, 0.5) is 0 Å². The van der Waals surface area contributed by atoms with Crippen molar-refractivity contribution in [1.29, 1.82) is 0 Å². The molecular weight excluding hydrogens is 188 g/mol. The Morgan fingerprint density at radius 3 is 3.07 bits per heavy atom. The van der Waals surface area contributed by atoms with Crippen LogP contribution in [0.25, 0.3) is 10.9 Å². The highest BCUT2D eigenvalue weighted by molar-refractivity contribution is 5.92. The molecule has 0 bridgehead atoms. The number of nitrogens with two attached hydrogens (primary N) is 1. The number of hydrogen-bond acceptors (Lipinski definition) is 2. The molecule has 0 spiro atoms. The van der Waals surface area contributed by atoms with Gasteiger partial charge in [-0.3, -0.25) is 0 Å². The van der Waals surface area contributed by atoms with Crippen LogP contribution in [0.1, 0.15) is 22.3 Å². The zero-order valence-corrected chi connectivity index (χ0v) is 8.55. The van der Waals surface area contributed by atoms with Crippen molar-refractivity contribution in [3.8, 4) is 5.75 Å². The molecule has 0 saturated carbocycles. The molecule has 3 heteroatoms. The number of benzene rings is 1. The fourth-order valence-corrected chi connectivity index (χ4v) is 1.76. The summed E-state index contributed by atoms with van der Waals surface area (Å²) in [6, 6.07) is 3.09. The minimum atomic E-state index is -2.89. The summed E-state index contributed by atoms with van der Waals surface area (Å²) >= 11 is 0. The van der Waals surface area contributed by atoms with Gasteiger partial charge in [0, 0.05) is 16.6 Å². The zero-order valence-electron chi connectivity index (χ0n) is 14.5. The molecule has 2 rings (SSSR count).